The Kier molecular flexibility index (Phi) is 4.35. The Balaban J connectivity index is 1.94. The van der Waals surface area contributed by atoms with Crippen LogP contribution in [0.25, 0.3) is 0 Å². The van der Waals surface area contributed by atoms with Crippen LogP contribution in [0.3, 0.4) is 0 Å². The lowest BCUT2D eigenvalue weighted by atomic mass is 10.2. The summed E-state index contributed by atoms with van der Waals surface area (Å²) >= 11 is 2.09. The predicted molar refractivity (Wildman–Crippen MR) is 81.2 cm³/mol. The van der Waals surface area contributed by atoms with E-state index in [1.54, 1.807) is 16.8 Å². The maximum absolute atomic E-state index is 10.6. The summed E-state index contributed by atoms with van der Waals surface area (Å²) in [7, 11) is 1.89. The number of aromatic nitrogens is 2. The SMILES string of the molecule is Cn1ccc(CCNc2ccc([N+](=O)[O-])cc2I)n1. The number of nitro groups is 1. The van der Waals surface area contributed by atoms with Gasteiger partial charge in [0.05, 0.1) is 10.6 Å². The summed E-state index contributed by atoms with van der Waals surface area (Å²) in [6.45, 7) is 0.741. The van der Waals surface area contributed by atoms with E-state index in [1.165, 1.54) is 6.07 Å². The summed E-state index contributed by atoms with van der Waals surface area (Å²) in [4.78, 5) is 10.2. The van der Waals surface area contributed by atoms with Gasteiger partial charge in [-0.25, -0.2) is 0 Å². The summed E-state index contributed by atoms with van der Waals surface area (Å²) in [5, 5.41) is 18.2. The lowest BCUT2D eigenvalue weighted by Gasteiger charge is -2.07. The van der Waals surface area contributed by atoms with E-state index < -0.39 is 0 Å². The van der Waals surface area contributed by atoms with Crippen LogP contribution in [0.15, 0.2) is 30.5 Å². The monoisotopic (exact) mass is 372 g/mol. The molecule has 0 aliphatic heterocycles. The first-order valence-corrected chi connectivity index (χ1v) is 6.80. The highest BCUT2D eigenvalue weighted by Gasteiger charge is 2.08. The van der Waals surface area contributed by atoms with Crippen molar-refractivity contribution in [3.63, 3.8) is 0 Å². The molecule has 0 aliphatic rings. The van der Waals surface area contributed by atoms with Gasteiger partial charge >= 0.3 is 0 Å². The molecule has 0 fully saturated rings. The highest BCUT2D eigenvalue weighted by Crippen LogP contribution is 2.23. The van der Waals surface area contributed by atoms with Gasteiger partial charge in [-0.05, 0) is 34.7 Å². The molecular formula is C12H13IN4O2. The van der Waals surface area contributed by atoms with Crippen molar-refractivity contribution in [3.8, 4) is 0 Å². The second-order valence-corrected chi connectivity index (χ2v) is 5.24. The van der Waals surface area contributed by atoms with Crippen molar-refractivity contribution in [2.45, 2.75) is 6.42 Å². The first-order chi connectivity index (χ1) is 9.06. The molecule has 0 atom stereocenters. The van der Waals surface area contributed by atoms with Gasteiger partial charge in [-0.15, -0.1) is 0 Å². The van der Waals surface area contributed by atoms with Crippen molar-refractivity contribution in [2.75, 3.05) is 11.9 Å². The molecule has 0 bridgehead atoms. The zero-order valence-corrected chi connectivity index (χ0v) is 12.5. The molecule has 0 aliphatic carbocycles. The number of hydrogen-bond donors (Lipinski definition) is 1. The predicted octanol–water partition coefficient (Wildman–Crippen LogP) is 2.59. The molecule has 2 rings (SSSR count). The van der Waals surface area contributed by atoms with Gasteiger partial charge in [-0.1, -0.05) is 0 Å². The number of rotatable bonds is 5. The van der Waals surface area contributed by atoms with Gasteiger partial charge in [0.15, 0.2) is 0 Å². The molecule has 19 heavy (non-hydrogen) atoms. The number of aryl methyl sites for hydroxylation is 1. The van der Waals surface area contributed by atoms with Crippen molar-refractivity contribution in [3.05, 3.63) is 49.8 Å². The molecule has 1 aromatic heterocycles. The first kappa shape index (κ1) is 13.8. The van der Waals surface area contributed by atoms with Gasteiger partial charge in [0.25, 0.3) is 5.69 Å². The van der Waals surface area contributed by atoms with Gasteiger partial charge in [0.1, 0.15) is 0 Å². The molecule has 1 aromatic carbocycles. The van der Waals surface area contributed by atoms with Gasteiger partial charge in [0, 0.05) is 47.6 Å². The smallest absolute Gasteiger partial charge is 0.270 e. The molecule has 0 saturated heterocycles. The number of non-ortho nitro benzene ring substituents is 1. The van der Waals surface area contributed by atoms with Gasteiger partial charge in [0.2, 0.25) is 0 Å². The Labute approximate surface area is 124 Å². The van der Waals surface area contributed by atoms with Crippen LogP contribution in [0.2, 0.25) is 0 Å². The molecule has 0 amide bonds. The third-order valence-electron chi connectivity index (χ3n) is 2.63. The van der Waals surface area contributed by atoms with Gasteiger partial charge in [-0.3, -0.25) is 14.8 Å². The third kappa shape index (κ3) is 3.66. The number of halogens is 1. The summed E-state index contributed by atoms with van der Waals surface area (Å²) in [5.41, 5.74) is 2.04. The Bertz CT molecular complexity index is 597. The van der Waals surface area contributed by atoms with Gasteiger partial charge < -0.3 is 5.32 Å². The second kappa shape index (κ2) is 6.00. The van der Waals surface area contributed by atoms with Crippen molar-refractivity contribution >= 4 is 34.0 Å². The fourth-order valence-corrected chi connectivity index (χ4v) is 2.37. The molecule has 7 heteroatoms. The number of nitro benzene ring substituents is 1. The fraction of sp³-hybridized carbons (Fsp3) is 0.250. The quantitative estimate of drug-likeness (QED) is 0.498. The summed E-state index contributed by atoms with van der Waals surface area (Å²) in [6, 6.07) is 6.77. The highest BCUT2D eigenvalue weighted by atomic mass is 127. The average Bonchev–Trinajstić information content (AvgIpc) is 2.77. The Hall–Kier alpha value is -1.64. The Morgan fingerprint density at radius 3 is 2.84 bits per heavy atom. The number of nitrogens with one attached hydrogen (secondary N) is 1. The molecule has 0 spiro atoms. The van der Waals surface area contributed by atoms with E-state index >= 15 is 0 Å². The van der Waals surface area contributed by atoms with Gasteiger partial charge in [-0.2, -0.15) is 5.10 Å². The van der Waals surface area contributed by atoms with Crippen LogP contribution in [0, 0.1) is 13.7 Å². The van der Waals surface area contributed by atoms with E-state index in [4.69, 9.17) is 0 Å². The van der Waals surface area contributed by atoms with Crippen molar-refractivity contribution < 1.29 is 4.92 Å². The number of nitrogens with zero attached hydrogens (tertiary/aromatic N) is 3. The molecule has 1 N–H and O–H groups in total. The topological polar surface area (TPSA) is 73.0 Å². The molecule has 0 radical (unpaired) electrons. The third-order valence-corrected chi connectivity index (χ3v) is 3.52. The first-order valence-electron chi connectivity index (χ1n) is 5.72. The standard InChI is InChI=1S/C12H13IN4O2/c1-16-7-5-9(15-16)4-6-14-12-3-2-10(17(18)19)8-11(12)13/h2-3,5,7-8,14H,4,6H2,1H3. The summed E-state index contributed by atoms with van der Waals surface area (Å²) in [5.74, 6) is 0. The van der Waals surface area contributed by atoms with Crippen LogP contribution in [-0.4, -0.2) is 21.2 Å². The van der Waals surface area contributed by atoms with Crippen LogP contribution in [0.5, 0.6) is 0 Å². The lowest BCUT2D eigenvalue weighted by molar-refractivity contribution is -0.384. The molecule has 0 unspecified atom stereocenters. The van der Waals surface area contributed by atoms with E-state index in [2.05, 4.69) is 33.0 Å². The number of anilines is 1. The summed E-state index contributed by atoms with van der Waals surface area (Å²) in [6.07, 6.45) is 2.72. The van der Waals surface area contributed by atoms with Crippen LogP contribution >= 0.6 is 22.6 Å². The van der Waals surface area contributed by atoms with E-state index in [1.807, 2.05) is 19.3 Å². The molecule has 2 aromatic rings. The Morgan fingerprint density at radius 2 is 2.26 bits per heavy atom. The normalized spacial score (nSPS) is 10.4. The molecule has 1 heterocycles. The molecule has 100 valence electrons. The second-order valence-electron chi connectivity index (χ2n) is 4.08. The zero-order chi connectivity index (χ0) is 13.8. The average molecular weight is 372 g/mol. The van der Waals surface area contributed by atoms with E-state index in [9.17, 15) is 10.1 Å². The van der Waals surface area contributed by atoms with E-state index in [0.29, 0.717) is 0 Å². The van der Waals surface area contributed by atoms with Crippen LogP contribution in [0.1, 0.15) is 5.69 Å². The van der Waals surface area contributed by atoms with E-state index in [-0.39, 0.29) is 10.6 Å². The molecular weight excluding hydrogens is 359 g/mol. The van der Waals surface area contributed by atoms with E-state index in [0.717, 1.165) is 27.9 Å². The van der Waals surface area contributed by atoms with Crippen LogP contribution in [-0.2, 0) is 13.5 Å². The van der Waals surface area contributed by atoms with Crippen LogP contribution in [0.4, 0.5) is 11.4 Å². The molecule has 6 nitrogen and oxygen atoms in total. The largest absolute Gasteiger partial charge is 0.384 e. The number of benzene rings is 1. The number of hydrogen-bond acceptors (Lipinski definition) is 4. The zero-order valence-electron chi connectivity index (χ0n) is 10.3. The van der Waals surface area contributed by atoms with Crippen molar-refractivity contribution in [2.24, 2.45) is 7.05 Å². The van der Waals surface area contributed by atoms with Crippen molar-refractivity contribution in [1.29, 1.82) is 0 Å². The fourth-order valence-electron chi connectivity index (χ4n) is 1.68. The lowest BCUT2D eigenvalue weighted by Crippen LogP contribution is -2.07. The van der Waals surface area contributed by atoms with Crippen molar-refractivity contribution in [1.82, 2.24) is 9.78 Å². The minimum absolute atomic E-state index is 0.111. The minimum Gasteiger partial charge on any atom is -0.384 e. The Morgan fingerprint density at radius 1 is 1.47 bits per heavy atom. The maximum atomic E-state index is 10.6. The van der Waals surface area contributed by atoms with Crippen LogP contribution < -0.4 is 5.32 Å². The maximum Gasteiger partial charge on any atom is 0.270 e. The summed E-state index contributed by atoms with van der Waals surface area (Å²) < 4.78 is 2.61. The minimum atomic E-state index is -0.389. The highest BCUT2D eigenvalue weighted by molar-refractivity contribution is 14.1. The molecule has 0 saturated carbocycles.